The average molecular weight is 291 g/mol. The Balaban J connectivity index is 2.98. The maximum atomic E-state index is 12.0. The van der Waals surface area contributed by atoms with Gasteiger partial charge in [0.2, 0.25) is 0 Å². The largest absolute Gasteiger partial charge is 0.391 e. The molecule has 92 valence electrons. The first-order chi connectivity index (χ1) is 7.74. The zero-order valence-corrected chi connectivity index (χ0v) is 11.7. The maximum absolute atomic E-state index is 12.0. The zero-order chi connectivity index (χ0) is 13.2. The van der Waals surface area contributed by atoms with Crippen molar-refractivity contribution in [2.45, 2.75) is 19.4 Å². The molecule has 0 aliphatic rings. The van der Waals surface area contributed by atoms with Gasteiger partial charge in [-0.15, -0.1) is 0 Å². The van der Waals surface area contributed by atoms with Gasteiger partial charge < -0.3 is 11.1 Å². The number of hydrogen-bond acceptors (Lipinski definition) is 2. The van der Waals surface area contributed by atoms with Crippen molar-refractivity contribution in [2.24, 2.45) is 5.73 Å². The molecule has 3 nitrogen and oxygen atoms in total. The van der Waals surface area contributed by atoms with Gasteiger partial charge >= 0.3 is 0 Å². The Bertz CT molecular complexity index is 475. The molecule has 0 heterocycles. The van der Waals surface area contributed by atoms with Gasteiger partial charge in [-0.05, 0) is 32.0 Å². The third kappa shape index (κ3) is 3.56. The quantitative estimate of drug-likeness (QED) is 0.842. The Morgan fingerprint density at radius 1 is 1.41 bits per heavy atom. The lowest BCUT2D eigenvalue weighted by molar-refractivity contribution is 0.0932. The van der Waals surface area contributed by atoms with Crippen LogP contribution in [0.15, 0.2) is 18.2 Å². The van der Waals surface area contributed by atoms with Gasteiger partial charge in [0.1, 0.15) is 0 Å². The van der Waals surface area contributed by atoms with E-state index in [0.717, 1.165) is 0 Å². The Morgan fingerprint density at radius 2 is 2.00 bits per heavy atom. The molecule has 0 aliphatic carbocycles. The van der Waals surface area contributed by atoms with Gasteiger partial charge in [-0.25, -0.2) is 0 Å². The summed E-state index contributed by atoms with van der Waals surface area (Å²) in [5.74, 6) is -0.365. The number of thiocarbonyl (C=S) groups is 1. The van der Waals surface area contributed by atoms with Crippen molar-refractivity contribution in [3.05, 3.63) is 33.8 Å². The summed E-state index contributed by atoms with van der Waals surface area (Å²) in [6, 6.07) is 4.67. The molecule has 0 radical (unpaired) electrons. The summed E-state index contributed by atoms with van der Waals surface area (Å²) in [5.41, 5.74) is 5.04. The van der Waals surface area contributed by atoms with Crippen LogP contribution in [0.2, 0.25) is 10.0 Å². The van der Waals surface area contributed by atoms with Gasteiger partial charge in [0.15, 0.2) is 0 Å². The molecule has 0 saturated heterocycles. The summed E-state index contributed by atoms with van der Waals surface area (Å²) in [7, 11) is 0. The Labute approximate surface area is 115 Å². The standard InChI is InChI=1S/C11H12Cl2N2OS/c1-11(2,10(14)17)15-9(16)7-5-6(12)3-4-8(7)13/h3-5H,1-2H3,(H2,14,17)(H,15,16). The van der Waals surface area contributed by atoms with Crippen molar-refractivity contribution in [1.29, 1.82) is 0 Å². The van der Waals surface area contributed by atoms with Crippen molar-refractivity contribution in [1.82, 2.24) is 5.32 Å². The minimum atomic E-state index is -0.780. The van der Waals surface area contributed by atoms with Crippen LogP contribution < -0.4 is 11.1 Å². The molecule has 1 aromatic carbocycles. The van der Waals surface area contributed by atoms with E-state index >= 15 is 0 Å². The second kappa shape index (κ2) is 5.21. The summed E-state index contributed by atoms with van der Waals surface area (Å²) in [5, 5.41) is 3.45. The number of halogens is 2. The molecule has 1 aromatic rings. The number of hydrogen-bond donors (Lipinski definition) is 2. The van der Waals surface area contributed by atoms with Crippen LogP contribution in [0.1, 0.15) is 24.2 Å². The number of rotatable bonds is 3. The van der Waals surface area contributed by atoms with E-state index in [2.05, 4.69) is 5.32 Å². The lowest BCUT2D eigenvalue weighted by atomic mass is 10.0. The van der Waals surface area contributed by atoms with Gasteiger partial charge in [-0.1, -0.05) is 35.4 Å². The minimum Gasteiger partial charge on any atom is -0.391 e. The highest BCUT2D eigenvalue weighted by molar-refractivity contribution is 7.80. The van der Waals surface area contributed by atoms with Crippen LogP contribution >= 0.6 is 35.4 Å². The van der Waals surface area contributed by atoms with Crippen molar-refractivity contribution in [3.8, 4) is 0 Å². The number of nitrogens with two attached hydrogens (primary N) is 1. The molecule has 0 unspecified atom stereocenters. The fourth-order valence-corrected chi connectivity index (χ4v) is 1.51. The summed E-state index contributed by atoms with van der Waals surface area (Å²) >= 11 is 16.6. The van der Waals surface area contributed by atoms with Crippen molar-refractivity contribution in [3.63, 3.8) is 0 Å². The molecule has 0 saturated carbocycles. The molecule has 0 aromatic heterocycles. The van der Waals surface area contributed by atoms with E-state index in [1.165, 1.54) is 6.07 Å². The van der Waals surface area contributed by atoms with E-state index in [0.29, 0.717) is 15.6 Å². The third-order valence-electron chi connectivity index (χ3n) is 2.22. The predicted molar refractivity (Wildman–Crippen MR) is 74.8 cm³/mol. The van der Waals surface area contributed by atoms with Gasteiger partial charge in [0.25, 0.3) is 5.91 Å². The van der Waals surface area contributed by atoms with Gasteiger partial charge in [-0.3, -0.25) is 4.79 Å². The first-order valence-electron chi connectivity index (χ1n) is 4.81. The normalized spacial score (nSPS) is 11.1. The third-order valence-corrected chi connectivity index (χ3v) is 3.29. The van der Waals surface area contributed by atoms with Crippen LogP contribution in [0, 0.1) is 0 Å². The SMILES string of the molecule is CC(C)(NC(=O)c1cc(Cl)ccc1Cl)C(N)=S. The summed E-state index contributed by atoms with van der Waals surface area (Å²) < 4.78 is 0. The smallest absolute Gasteiger partial charge is 0.253 e. The Hall–Kier alpha value is -0.840. The number of benzene rings is 1. The van der Waals surface area contributed by atoms with Crippen LogP contribution in [0.25, 0.3) is 0 Å². The lowest BCUT2D eigenvalue weighted by Crippen LogP contribution is -2.52. The molecule has 3 N–H and O–H groups in total. The molecule has 0 spiro atoms. The molecule has 1 amide bonds. The summed E-state index contributed by atoms with van der Waals surface area (Å²) in [6.07, 6.45) is 0. The first kappa shape index (κ1) is 14.2. The van der Waals surface area contributed by atoms with E-state index in [-0.39, 0.29) is 10.9 Å². The van der Waals surface area contributed by atoms with Crippen LogP contribution in [0.4, 0.5) is 0 Å². The number of carbonyl (C=O) groups excluding carboxylic acids is 1. The zero-order valence-electron chi connectivity index (χ0n) is 9.38. The summed E-state index contributed by atoms with van der Waals surface area (Å²) in [6.45, 7) is 3.43. The number of amides is 1. The maximum Gasteiger partial charge on any atom is 0.253 e. The van der Waals surface area contributed by atoms with Crippen LogP contribution in [0.5, 0.6) is 0 Å². The Morgan fingerprint density at radius 3 is 2.53 bits per heavy atom. The molecular formula is C11H12Cl2N2OS. The highest BCUT2D eigenvalue weighted by Gasteiger charge is 2.25. The molecule has 0 atom stereocenters. The van der Waals surface area contributed by atoms with E-state index in [9.17, 15) is 4.79 Å². The second-order valence-corrected chi connectivity index (χ2v) is 5.35. The van der Waals surface area contributed by atoms with Gasteiger partial charge in [-0.2, -0.15) is 0 Å². The number of carbonyl (C=O) groups is 1. The highest BCUT2D eigenvalue weighted by Crippen LogP contribution is 2.21. The average Bonchev–Trinajstić information content (AvgIpc) is 2.20. The predicted octanol–water partition coefficient (Wildman–Crippen LogP) is 2.79. The molecule has 0 aliphatic heterocycles. The molecule has 6 heteroatoms. The van der Waals surface area contributed by atoms with E-state index in [4.69, 9.17) is 41.2 Å². The van der Waals surface area contributed by atoms with Crippen LogP contribution in [0.3, 0.4) is 0 Å². The topological polar surface area (TPSA) is 55.1 Å². The monoisotopic (exact) mass is 290 g/mol. The molecule has 0 bridgehead atoms. The molecule has 17 heavy (non-hydrogen) atoms. The van der Waals surface area contributed by atoms with Crippen LogP contribution in [-0.4, -0.2) is 16.4 Å². The fourth-order valence-electron chi connectivity index (χ4n) is 1.08. The van der Waals surface area contributed by atoms with E-state index in [1.54, 1.807) is 26.0 Å². The van der Waals surface area contributed by atoms with E-state index < -0.39 is 5.54 Å². The van der Waals surface area contributed by atoms with Crippen molar-refractivity contribution in [2.75, 3.05) is 0 Å². The Kier molecular flexibility index (Phi) is 4.36. The first-order valence-corrected chi connectivity index (χ1v) is 5.98. The van der Waals surface area contributed by atoms with Crippen molar-refractivity contribution < 1.29 is 4.79 Å². The van der Waals surface area contributed by atoms with Crippen LogP contribution in [-0.2, 0) is 0 Å². The lowest BCUT2D eigenvalue weighted by Gasteiger charge is -2.25. The molecular weight excluding hydrogens is 279 g/mol. The van der Waals surface area contributed by atoms with Gasteiger partial charge in [0.05, 0.1) is 21.1 Å². The number of nitrogens with one attached hydrogen (secondary N) is 1. The van der Waals surface area contributed by atoms with E-state index in [1.807, 2.05) is 0 Å². The van der Waals surface area contributed by atoms with Crippen molar-refractivity contribution >= 4 is 46.3 Å². The minimum absolute atomic E-state index is 0.198. The molecule has 1 rings (SSSR count). The highest BCUT2D eigenvalue weighted by atomic mass is 35.5. The molecule has 0 fully saturated rings. The fraction of sp³-hybridized carbons (Fsp3) is 0.273. The van der Waals surface area contributed by atoms with Gasteiger partial charge in [0, 0.05) is 5.02 Å². The summed E-state index contributed by atoms with van der Waals surface area (Å²) in [4.78, 5) is 12.2. The second-order valence-electron chi connectivity index (χ2n) is 4.07.